The summed E-state index contributed by atoms with van der Waals surface area (Å²) >= 11 is 0. The first-order chi connectivity index (χ1) is 22.7. The molecule has 0 spiro atoms. The van der Waals surface area contributed by atoms with E-state index < -0.39 is 52.4 Å². The number of aliphatic hydroxyl groups excluding tert-OH is 3. The Morgan fingerprint density at radius 3 is 2.56 bits per heavy atom. The van der Waals surface area contributed by atoms with E-state index in [2.05, 4.69) is 26.1 Å². The van der Waals surface area contributed by atoms with Crippen LogP contribution in [-0.2, 0) is 9.53 Å². The molecule has 274 valence electrons. The Hall–Kier alpha value is -0.910. The highest BCUT2D eigenvalue weighted by Gasteiger charge is 2.70. The fourth-order valence-electron chi connectivity index (χ4n) is 12.2. The highest BCUT2D eigenvalue weighted by atomic mass is 16.5. The summed E-state index contributed by atoms with van der Waals surface area (Å²) in [6, 6.07) is 0. The molecule has 0 amide bonds. The molecule has 2 heterocycles. The molecule has 2 saturated heterocycles. The highest BCUT2D eigenvalue weighted by molar-refractivity contribution is 5.95. The third-order valence-electron chi connectivity index (χ3n) is 15.4. The molecule has 2 aliphatic heterocycles. The van der Waals surface area contributed by atoms with Gasteiger partial charge in [0.2, 0.25) is 0 Å². The molecule has 9 N–H and O–H groups in total. The number of carbonyl (C=O) groups excluding carboxylic acids is 1. The number of carbonyl (C=O) groups is 1. The number of aliphatic hydroxyl groups is 5. The normalized spacial score (nSPS) is 47.9. The van der Waals surface area contributed by atoms with Crippen molar-refractivity contribution in [3.05, 3.63) is 11.6 Å². The Balaban J connectivity index is 1.24. The van der Waals surface area contributed by atoms with Gasteiger partial charge in [0.1, 0.15) is 12.3 Å². The molecule has 9 nitrogen and oxygen atoms in total. The number of ketones is 1. The molecule has 6 rings (SSSR count). The van der Waals surface area contributed by atoms with Crippen LogP contribution >= 0.6 is 0 Å². The molecular weight excluding hydrogens is 608 g/mol. The summed E-state index contributed by atoms with van der Waals surface area (Å²) < 4.78 is 6.23. The second kappa shape index (κ2) is 13.9. The van der Waals surface area contributed by atoms with Gasteiger partial charge in [-0.15, -0.1) is 0 Å². The fourth-order valence-corrected chi connectivity index (χ4v) is 12.2. The first kappa shape index (κ1) is 36.9. The summed E-state index contributed by atoms with van der Waals surface area (Å²) in [5, 5.41) is 61.1. The smallest absolute Gasteiger partial charge is 0.159 e. The number of quaternary nitrogens is 1. The van der Waals surface area contributed by atoms with Crippen LogP contribution in [0.1, 0.15) is 124 Å². The van der Waals surface area contributed by atoms with E-state index in [4.69, 9.17) is 10.5 Å². The molecule has 0 bridgehead atoms. The number of hydrogen-bond acceptors (Lipinski definition) is 8. The van der Waals surface area contributed by atoms with Crippen molar-refractivity contribution in [1.82, 2.24) is 0 Å². The summed E-state index contributed by atoms with van der Waals surface area (Å²) in [7, 11) is 0. The van der Waals surface area contributed by atoms with E-state index in [1.165, 1.54) is 19.3 Å². The predicted molar refractivity (Wildman–Crippen MR) is 183 cm³/mol. The number of piperidine rings is 1. The average Bonchev–Trinajstić information content (AvgIpc) is 3.56. The van der Waals surface area contributed by atoms with Gasteiger partial charge in [-0.3, -0.25) is 10.5 Å². The Kier molecular flexibility index (Phi) is 10.7. The van der Waals surface area contributed by atoms with Crippen LogP contribution in [-0.4, -0.2) is 86.3 Å². The Morgan fingerprint density at radius 2 is 1.85 bits per heavy atom. The van der Waals surface area contributed by atoms with Gasteiger partial charge in [-0.05, 0) is 112 Å². The highest BCUT2D eigenvalue weighted by Crippen LogP contribution is 2.69. The van der Waals surface area contributed by atoms with Crippen LogP contribution in [0, 0.1) is 46.3 Å². The molecule has 3 saturated carbocycles. The average molecular weight is 676 g/mol. The van der Waals surface area contributed by atoms with Gasteiger partial charge < -0.3 is 35.6 Å². The maximum absolute atomic E-state index is 14.1. The maximum atomic E-state index is 14.1. The molecule has 0 radical (unpaired) electrons. The summed E-state index contributed by atoms with van der Waals surface area (Å²) in [6.07, 6.45) is 10.9. The lowest BCUT2D eigenvalue weighted by atomic mass is 9.44. The van der Waals surface area contributed by atoms with Crippen molar-refractivity contribution >= 4 is 5.78 Å². The van der Waals surface area contributed by atoms with E-state index >= 15 is 0 Å². The first-order valence-corrected chi connectivity index (χ1v) is 19.6. The number of hydrogen-bond donors (Lipinski definition) is 7. The molecular formula is C39H67N2O7+. The number of allylic oxidation sites excluding steroid dienone is 1. The Bertz CT molecular complexity index is 1190. The van der Waals surface area contributed by atoms with Gasteiger partial charge in [0, 0.05) is 23.7 Å². The second-order valence-corrected chi connectivity index (χ2v) is 17.9. The quantitative estimate of drug-likeness (QED) is 0.164. The molecule has 6 aliphatic rings. The molecule has 9 heteroatoms. The zero-order valence-corrected chi connectivity index (χ0v) is 30.2. The van der Waals surface area contributed by atoms with Crippen LogP contribution in [0.2, 0.25) is 0 Å². The molecule has 0 aromatic heterocycles. The number of rotatable bonds is 11. The van der Waals surface area contributed by atoms with Crippen molar-refractivity contribution < 1.29 is 40.4 Å². The zero-order chi connectivity index (χ0) is 34.6. The minimum absolute atomic E-state index is 0.0458. The van der Waals surface area contributed by atoms with Crippen LogP contribution in [0.25, 0.3) is 0 Å². The lowest BCUT2D eigenvalue weighted by molar-refractivity contribution is -0.703. The van der Waals surface area contributed by atoms with Crippen molar-refractivity contribution in [1.29, 1.82) is 0 Å². The van der Waals surface area contributed by atoms with Crippen LogP contribution in [0.4, 0.5) is 0 Å². The standard InChI is InChI=1S/C39H66N2O7/c1-5-6-7-8-9-25-22-48-34(23(25)2)35(45)37(4,46)32-14-17-39(47)27-18-29(42)28-19-30(43)31(44)20-38(28,26(27)13-15-36(32,39)3)16-12-24-10-11-33(40)41-21-24/h18,23-26,28,30-35,41,43-47H,5-17,19-22,40H2,1-4H3/p+1. The summed E-state index contributed by atoms with van der Waals surface area (Å²) in [5.74, 6) is 0.0538. The monoisotopic (exact) mass is 675 g/mol. The number of unbranched alkanes of at least 4 members (excludes halogenated alkanes) is 3. The minimum Gasteiger partial charge on any atom is -0.390 e. The molecule has 15 unspecified atom stereocenters. The zero-order valence-electron chi connectivity index (χ0n) is 30.2. The van der Waals surface area contributed by atoms with Gasteiger partial charge in [0.25, 0.3) is 0 Å². The lowest BCUT2D eigenvalue weighted by Gasteiger charge is -2.62. The van der Waals surface area contributed by atoms with E-state index in [0.29, 0.717) is 44.1 Å². The Morgan fingerprint density at radius 1 is 1.08 bits per heavy atom. The summed E-state index contributed by atoms with van der Waals surface area (Å²) in [5.41, 5.74) is 2.83. The summed E-state index contributed by atoms with van der Waals surface area (Å²) in [6.45, 7) is 9.70. The third-order valence-corrected chi connectivity index (χ3v) is 15.4. The third kappa shape index (κ3) is 6.08. The van der Waals surface area contributed by atoms with Crippen molar-refractivity contribution in [3.63, 3.8) is 0 Å². The van der Waals surface area contributed by atoms with E-state index in [1.807, 2.05) is 0 Å². The lowest BCUT2D eigenvalue weighted by Crippen LogP contribution is -2.95. The first-order valence-electron chi connectivity index (χ1n) is 19.6. The predicted octanol–water partition coefficient (Wildman–Crippen LogP) is 2.94. The van der Waals surface area contributed by atoms with Crippen LogP contribution in [0.15, 0.2) is 11.6 Å². The fraction of sp³-hybridized carbons (Fsp3) is 0.923. The molecule has 15 atom stereocenters. The van der Waals surface area contributed by atoms with E-state index in [1.54, 1.807) is 13.0 Å². The van der Waals surface area contributed by atoms with Crippen LogP contribution in [0.5, 0.6) is 0 Å². The van der Waals surface area contributed by atoms with Crippen LogP contribution < -0.4 is 11.1 Å². The van der Waals surface area contributed by atoms with E-state index in [0.717, 1.165) is 57.1 Å². The van der Waals surface area contributed by atoms with Gasteiger partial charge in [-0.2, -0.15) is 0 Å². The molecule has 4 aliphatic carbocycles. The van der Waals surface area contributed by atoms with Gasteiger partial charge in [-0.1, -0.05) is 46.5 Å². The van der Waals surface area contributed by atoms with Gasteiger partial charge >= 0.3 is 0 Å². The van der Waals surface area contributed by atoms with Gasteiger partial charge in [0.15, 0.2) is 5.78 Å². The minimum atomic E-state index is -1.50. The molecule has 0 aromatic carbocycles. The molecule has 5 fully saturated rings. The van der Waals surface area contributed by atoms with Crippen molar-refractivity contribution in [2.75, 3.05) is 13.2 Å². The van der Waals surface area contributed by atoms with Gasteiger partial charge in [0.05, 0.1) is 42.7 Å². The van der Waals surface area contributed by atoms with Crippen molar-refractivity contribution in [2.45, 2.75) is 166 Å². The number of nitrogens with two attached hydrogens (primary N) is 2. The van der Waals surface area contributed by atoms with Crippen molar-refractivity contribution in [3.8, 4) is 0 Å². The molecule has 48 heavy (non-hydrogen) atoms. The van der Waals surface area contributed by atoms with E-state index in [-0.39, 0.29) is 36.1 Å². The number of ether oxygens (including phenoxy) is 1. The van der Waals surface area contributed by atoms with Crippen LogP contribution in [0.3, 0.4) is 0 Å². The second-order valence-electron chi connectivity index (χ2n) is 17.9. The number of fused-ring (bicyclic) bond motifs is 5. The molecule has 0 aromatic rings. The SMILES string of the molecule is CCCCCCC1COC(C(O)C(C)(O)C2CCC3(O)C4=CC(=O)C5CC(O)C(O)CC5(CCC5CCC(N)[NH2+]C5)C4CCC23C)C1C. The van der Waals surface area contributed by atoms with E-state index in [9.17, 15) is 30.3 Å². The Labute approximate surface area is 288 Å². The van der Waals surface area contributed by atoms with Gasteiger partial charge in [-0.25, -0.2) is 0 Å². The largest absolute Gasteiger partial charge is 0.390 e. The summed E-state index contributed by atoms with van der Waals surface area (Å²) in [4.78, 5) is 14.1. The van der Waals surface area contributed by atoms with Crippen molar-refractivity contribution in [2.24, 2.45) is 52.1 Å². The topological polar surface area (TPSA) is 170 Å². The maximum Gasteiger partial charge on any atom is 0.159 e.